The Morgan fingerprint density at radius 3 is 2.69 bits per heavy atom. The predicted octanol–water partition coefficient (Wildman–Crippen LogP) is 4.71. The van der Waals surface area contributed by atoms with E-state index in [9.17, 15) is 0 Å². The maximum Gasteiger partial charge on any atom is 0.127 e. The highest BCUT2D eigenvalue weighted by molar-refractivity contribution is 5.96. The molecule has 0 amide bonds. The molecule has 1 unspecified atom stereocenters. The van der Waals surface area contributed by atoms with Crippen molar-refractivity contribution in [3.05, 3.63) is 83.1 Å². The van der Waals surface area contributed by atoms with Gasteiger partial charge in [0.2, 0.25) is 0 Å². The number of pyridine rings is 2. The van der Waals surface area contributed by atoms with Crippen LogP contribution in [0.4, 0.5) is 0 Å². The van der Waals surface area contributed by atoms with Gasteiger partial charge in [-0.2, -0.15) is 0 Å². The van der Waals surface area contributed by atoms with Gasteiger partial charge in [-0.3, -0.25) is 19.9 Å². The molecular weight excluding hydrogens is 394 g/mol. The lowest BCUT2D eigenvalue weighted by molar-refractivity contribution is 0.0652. The Labute approximate surface area is 191 Å². The molecule has 3 aliphatic heterocycles. The zero-order valence-corrected chi connectivity index (χ0v) is 19.4. The maximum atomic E-state index is 5.15. The van der Waals surface area contributed by atoms with Crippen molar-refractivity contribution in [3.8, 4) is 0 Å². The van der Waals surface area contributed by atoms with Crippen LogP contribution in [0.3, 0.4) is 0 Å². The first-order chi connectivity index (χ1) is 15.6. The number of amidine groups is 1. The summed E-state index contributed by atoms with van der Waals surface area (Å²) in [7, 11) is 0. The minimum absolute atomic E-state index is 0.288. The largest absolute Gasteiger partial charge is 0.331 e. The quantitative estimate of drug-likeness (QED) is 0.693. The number of rotatable bonds is 5. The molecular formula is C27H33N5. The summed E-state index contributed by atoms with van der Waals surface area (Å²) < 4.78 is 0. The van der Waals surface area contributed by atoms with Crippen molar-refractivity contribution >= 4 is 5.84 Å². The molecule has 1 fully saturated rings. The van der Waals surface area contributed by atoms with E-state index in [2.05, 4.69) is 85.3 Å². The first kappa shape index (κ1) is 21.1. The zero-order valence-electron chi connectivity index (χ0n) is 19.4. The van der Waals surface area contributed by atoms with Crippen LogP contribution in [0.15, 0.2) is 59.8 Å². The number of aromatic nitrogens is 2. The lowest BCUT2D eigenvalue weighted by Crippen LogP contribution is -2.50. The Morgan fingerprint density at radius 1 is 0.969 bits per heavy atom. The van der Waals surface area contributed by atoms with Gasteiger partial charge in [0.1, 0.15) is 5.84 Å². The third kappa shape index (κ3) is 4.26. The molecule has 32 heavy (non-hydrogen) atoms. The second-order valence-corrected chi connectivity index (χ2v) is 9.33. The lowest BCUT2D eigenvalue weighted by atomic mass is 9.88. The van der Waals surface area contributed by atoms with E-state index in [-0.39, 0.29) is 6.04 Å². The summed E-state index contributed by atoms with van der Waals surface area (Å²) in [4.78, 5) is 20.0. The minimum Gasteiger partial charge on any atom is -0.331 e. The van der Waals surface area contributed by atoms with Crippen LogP contribution in [0.25, 0.3) is 0 Å². The third-order valence-electron chi connectivity index (χ3n) is 7.01. The molecule has 1 saturated heterocycles. The van der Waals surface area contributed by atoms with Crippen LogP contribution in [0, 0.1) is 20.8 Å². The number of nitrogens with zero attached hydrogens (tertiary/aromatic N) is 5. The predicted molar refractivity (Wildman–Crippen MR) is 130 cm³/mol. The molecule has 3 atom stereocenters. The molecule has 0 saturated carbocycles. The van der Waals surface area contributed by atoms with Gasteiger partial charge < -0.3 is 4.90 Å². The van der Waals surface area contributed by atoms with E-state index in [1.54, 1.807) is 0 Å². The van der Waals surface area contributed by atoms with Crippen molar-refractivity contribution in [1.29, 1.82) is 0 Å². The van der Waals surface area contributed by atoms with Crippen LogP contribution in [0.5, 0.6) is 0 Å². The van der Waals surface area contributed by atoms with Gasteiger partial charge >= 0.3 is 0 Å². The van der Waals surface area contributed by atoms with E-state index in [0.717, 1.165) is 43.2 Å². The van der Waals surface area contributed by atoms with Crippen LogP contribution >= 0.6 is 0 Å². The van der Waals surface area contributed by atoms with Crippen molar-refractivity contribution in [2.75, 3.05) is 13.1 Å². The molecule has 0 aliphatic carbocycles. The summed E-state index contributed by atoms with van der Waals surface area (Å²) >= 11 is 0. The standard InChI is InChI=1S/C27H33N5/c1-19-13-14-21(3)29-27(19)25-11-7-10-24(23-18-31-16-5-4-12-26(31)30-23)32(25)17-15-22-9-6-8-20(2)28-22/h4-6,8-9,12-14,16,23-25H,7,10-11,15,17-18H2,1-3H3/t23?,24-,25+/m1/s1. The molecule has 3 aliphatic rings. The monoisotopic (exact) mass is 427 g/mol. The summed E-state index contributed by atoms with van der Waals surface area (Å²) in [6.07, 6.45) is 13.0. The molecule has 0 radical (unpaired) electrons. The Balaban J connectivity index is 1.45. The highest BCUT2D eigenvalue weighted by Crippen LogP contribution is 2.38. The summed E-state index contributed by atoms with van der Waals surface area (Å²) in [5.74, 6) is 1.10. The smallest absolute Gasteiger partial charge is 0.127 e. The molecule has 5 nitrogen and oxygen atoms in total. The lowest BCUT2D eigenvalue weighted by Gasteiger charge is -2.44. The van der Waals surface area contributed by atoms with Crippen molar-refractivity contribution in [1.82, 2.24) is 19.8 Å². The average molecular weight is 428 g/mol. The van der Waals surface area contributed by atoms with E-state index >= 15 is 0 Å². The molecule has 0 spiro atoms. The number of aliphatic imine (C=N–C) groups is 1. The van der Waals surface area contributed by atoms with E-state index < -0.39 is 0 Å². The number of hydrogen-bond donors (Lipinski definition) is 0. The molecule has 5 heterocycles. The van der Waals surface area contributed by atoms with Crippen molar-refractivity contribution in [2.24, 2.45) is 4.99 Å². The number of fused-ring (bicyclic) bond motifs is 1. The van der Waals surface area contributed by atoms with Gasteiger partial charge in [0.25, 0.3) is 0 Å². The van der Waals surface area contributed by atoms with Gasteiger partial charge in [-0.25, -0.2) is 0 Å². The molecule has 2 aromatic rings. The number of aryl methyl sites for hydroxylation is 3. The van der Waals surface area contributed by atoms with Crippen LogP contribution in [-0.2, 0) is 6.42 Å². The van der Waals surface area contributed by atoms with Crippen LogP contribution in [0.2, 0.25) is 0 Å². The number of hydrogen-bond acceptors (Lipinski definition) is 5. The Hall–Kier alpha value is -2.79. The molecule has 0 aromatic carbocycles. The number of piperidine rings is 1. The van der Waals surface area contributed by atoms with E-state index in [1.807, 2.05) is 0 Å². The van der Waals surface area contributed by atoms with Gasteiger partial charge in [0, 0.05) is 48.8 Å². The zero-order chi connectivity index (χ0) is 22.1. The van der Waals surface area contributed by atoms with Crippen LogP contribution in [-0.4, -0.2) is 50.8 Å². The van der Waals surface area contributed by atoms with E-state index in [1.165, 1.54) is 29.8 Å². The second-order valence-electron chi connectivity index (χ2n) is 9.33. The van der Waals surface area contributed by atoms with E-state index in [0.29, 0.717) is 12.1 Å². The van der Waals surface area contributed by atoms with E-state index in [4.69, 9.17) is 15.0 Å². The van der Waals surface area contributed by atoms with Gasteiger partial charge in [0.05, 0.1) is 17.8 Å². The topological polar surface area (TPSA) is 44.6 Å². The minimum atomic E-state index is 0.288. The molecule has 2 aromatic heterocycles. The summed E-state index contributed by atoms with van der Waals surface area (Å²) in [6, 6.07) is 11.7. The second kappa shape index (κ2) is 8.99. The fraction of sp³-hybridized carbons (Fsp3) is 0.444. The first-order valence-electron chi connectivity index (χ1n) is 11.9. The fourth-order valence-corrected chi connectivity index (χ4v) is 5.44. The molecule has 0 N–H and O–H groups in total. The van der Waals surface area contributed by atoms with Crippen LogP contribution < -0.4 is 0 Å². The van der Waals surface area contributed by atoms with Gasteiger partial charge in [-0.05, 0) is 75.9 Å². The molecule has 5 rings (SSSR count). The molecule has 0 bridgehead atoms. The first-order valence-corrected chi connectivity index (χ1v) is 11.9. The van der Waals surface area contributed by atoms with Crippen molar-refractivity contribution in [2.45, 2.75) is 64.6 Å². The Morgan fingerprint density at radius 2 is 1.84 bits per heavy atom. The van der Waals surface area contributed by atoms with Gasteiger partial charge in [0.15, 0.2) is 0 Å². The summed E-state index contributed by atoms with van der Waals surface area (Å²) in [5.41, 5.74) is 5.89. The number of likely N-dealkylation sites (tertiary alicyclic amines) is 1. The third-order valence-corrected chi connectivity index (χ3v) is 7.01. The molecule has 166 valence electrons. The number of allylic oxidation sites excluding steroid dienone is 2. The Kier molecular flexibility index (Phi) is 5.92. The Bertz CT molecular complexity index is 1070. The van der Waals surface area contributed by atoms with Crippen LogP contribution in [0.1, 0.15) is 53.6 Å². The highest BCUT2D eigenvalue weighted by Gasteiger charge is 2.40. The van der Waals surface area contributed by atoms with Crippen molar-refractivity contribution in [3.63, 3.8) is 0 Å². The average Bonchev–Trinajstić information content (AvgIpc) is 3.23. The highest BCUT2D eigenvalue weighted by atomic mass is 15.3. The maximum absolute atomic E-state index is 5.15. The SMILES string of the molecule is Cc1cccc(CCN2[C@@H](C3CN4C=CC=CC4=N3)CCC[C@H]2c2nc(C)ccc2C)n1. The summed E-state index contributed by atoms with van der Waals surface area (Å²) in [6.45, 7) is 8.32. The normalized spacial score (nSPS) is 25.2. The van der Waals surface area contributed by atoms with Crippen molar-refractivity contribution < 1.29 is 0 Å². The summed E-state index contributed by atoms with van der Waals surface area (Å²) in [5, 5.41) is 0. The van der Waals surface area contributed by atoms with Gasteiger partial charge in [-0.1, -0.05) is 18.2 Å². The van der Waals surface area contributed by atoms with Gasteiger partial charge in [-0.15, -0.1) is 0 Å². The fourth-order valence-electron chi connectivity index (χ4n) is 5.44. The molecule has 5 heteroatoms.